The number of ether oxygens (including phenoxy) is 1. The summed E-state index contributed by atoms with van der Waals surface area (Å²) in [5.74, 6) is 0. The number of hydrogen-bond donors (Lipinski definition) is 0. The molecule has 0 saturated carbocycles. The van der Waals surface area contributed by atoms with Gasteiger partial charge in [0.25, 0.3) is 0 Å². The molecule has 15 heavy (non-hydrogen) atoms. The van der Waals surface area contributed by atoms with Crippen LogP contribution in [0.5, 0.6) is 0 Å². The normalized spacial score (nSPS) is 22.2. The molecule has 0 amide bonds. The third kappa shape index (κ3) is 4.46. The molecule has 0 aromatic carbocycles. The largest absolute Gasteiger partial charge is 0.376 e. The molecule has 0 bridgehead atoms. The number of hydrogen-bond acceptors (Lipinski definition) is 3. The molecule has 0 aromatic heterocycles. The second kappa shape index (κ2) is 7.44. The number of rotatable bonds is 6. The fourth-order valence-corrected chi connectivity index (χ4v) is 2.02. The number of nitrogens with zero attached hydrogens (tertiary/aromatic N) is 2. The first-order valence-corrected chi connectivity index (χ1v) is 5.68. The average Bonchev–Trinajstić information content (AvgIpc) is 2.28. The van der Waals surface area contributed by atoms with E-state index in [4.69, 9.17) is 10.00 Å². The first-order chi connectivity index (χ1) is 7.38. The van der Waals surface area contributed by atoms with Crippen molar-refractivity contribution < 1.29 is 4.74 Å². The highest BCUT2D eigenvalue weighted by Gasteiger charge is 2.21. The summed E-state index contributed by atoms with van der Waals surface area (Å²) in [5, 5.41) is 8.58. The first-order valence-electron chi connectivity index (χ1n) is 5.68. The predicted octanol–water partition coefficient (Wildman–Crippen LogP) is 1.96. The van der Waals surface area contributed by atoms with Crippen molar-refractivity contribution in [2.24, 2.45) is 0 Å². The molecule has 1 aliphatic rings. The Morgan fingerprint density at radius 2 is 2.40 bits per heavy atom. The van der Waals surface area contributed by atoms with Crippen molar-refractivity contribution in [3.63, 3.8) is 0 Å². The molecule has 1 unspecified atom stereocenters. The molecule has 0 N–H and O–H groups in total. The Balaban J connectivity index is 2.29. The Bertz CT molecular complexity index is 222. The molecule has 1 heterocycles. The lowest BCUT2D eigenvalue weighted by atomic mass is 10.0. The molecule has 1 saturated heterocycles. The lowest BCUT2D eigenvalue weighted by Crippen LogP contribution is -2.42. The van der Waals surface area contributed by atoms with Crippen LogP contribution in [0.4, 0.5) is 0 Å². The fourth-order valence-electron chi connectivity index (χ4n) is 2.02. The number of piperidine rings is 1. The number of nitriles is 1. The van der Waals surface area contributed by atoms with Gasteiger partial charge in [0.15, 0.2) is 0 Å². The van der Waals surface area contributed by atoms with Gasteiger partial charge in [0.05, 0.1) is 19.3 Å². The van der Waals surface area contributed by atoms with E-state index in [2.05, 4.69) is 17.5 Å². The third-order valence-corrected chi connectivity index (χ3v) is 2.81. The summed E-state index contributed by atoms with van der Waals surface area (Å²) in [5.41, 5.74) is 0. The third-order valence-electron chi connectivity index (χ3n) is 2.81. The molecule has 1 aliphatic heterocycles. The minimum atomic E-state index is 0.507. The zero-order valence-electron chi connectivity index (χ0n) is 9.32. The van der Waals surface area contributed by atoms with Gasteiger partial charge in [-0.3, -0.25) is 4.90 Å². The van der Waals surface area contributed by atoms with Gasteiger partial charge in [-0.05, 0) is 19.4 Å². The zero-order chi connectivity index (χ0) is 10.9. The van der Waals surface area contributed by atoms with Gasteiger partial charge >= 0.3 is 0 Å². The van der Waals surface area contributed by atoms with Gasteiger partial charge in [0.2, 0.25) is 0 Å². The Hall–Kier alpha value is -0.850. The lowest BCUT2D eigenvalue weighted by molar-refractivity contribution is 0.0528. The van der Waals surface area contributed by atoms with Crippen LogP contribution in [0.1, 0.15) is 25.7 Å². The first kappa shape index (κ1) is 12.2. The summed E-state index contributed by atoms with van der Waals surface area (Å²) >= 11 is 0. The van der Waals surface area contributed by atoms with Crippen LogP contribution >= 0.6 is 0 Å². The molecule has 3 heteroatoms. The van der Waals surface area contributed by atoms with Crippen LogP contribution in [0.3, 0.4) is 0 Å². The van der Waals surface area contributed by atoms with Gasteiger partial charge in [-0.1, -0.05) is 12.5 Å². The fraction of sp³-hybridized carbons (Fsp3) is 0.750. The zero-order valence-corrected chi connectivity index (χ0v) is 9.32. The van der Waals surface area contributed by atoms with Gasteiger partial charge in [0.1, 0.15) is 0 Å². The highest BCUT2D eigenvalue weighted by molar-refractivity contribution is 4.80. The summed E-state index contributed by atoms with van der Waals surface area (Å²) in [6, 6.07) is 2.71. The van der Waals surface area contributed by atoms with Crippen LogP contribution in [-0.4, -0.2) is 37.2 Å². The van der Waals surface area contributed by atoms with Crippen LogP contribution in [0.25, 0.3) is 0 Å². The quantitative estimate of drug-likeness (QED) is 0.494. The highest BCUT2D eigenvalue weighted by atomic mass is 16.5. The molecule has 0 aliphatic carbocycles. The van der Waals surface area contributed by atoms with Gasteiger partial charge in [-0.25, -0.2) is 0 Å². The molecule has 3 nitrogen and oxygen atoms in total. The molecule has 1 fully saturated rings. The summed E-state index contributed by atoms with van der Waals surface area (Å²) < 4.78 is 5.49. The van der Waals surface area contributed by atoms with E-state index < -0.39 is 0 Å². The lowest BCUT2D eigenvalue weighted by Gasteiger charge is -2.34. The van der Waals surface area contributed by atoms with Crippen molar-refractivity contribution in [1.29, 1.82) is 5.26 Å². The second-order valence-corrected chi connectivity index (χ2v) is 3.92. The van der Waals surface area contributed by atoms with E-state index in [1.54, 1.807) is 6.08 Å². The minimum absolute atomic E-state index is 0.507. The van der Waals surface area contributed by atoms with E-state index >= 15 is 0 Å². The molecule has 0 aromatic rings. The number of likely N-dealkylation sites (tertiary alicyclic amines) is 1. The molecule has 0 spiro atoms. The van der Waals surface area contributed by atoms with E-state index in [1.807, 2.05) is 0 Å². The van der Waals surface area contributed by atoms with Gasteiger partial charge in [-0.15, -0.1) is 6.58 Å². The maximum absolute atomic E-state index is 8.58. The minimum Gasteiger partial charge on any atom is -0.376 e. The molecule has 0 radical (unpaired) electrons. The summed E-state index contributed by atoms with van der Waals surface area (Å²) in [7, 11) is 0. The van der Waals surface area contributed by atoms with E-state index in [0.29, 0.717) is 19.1 Å². The van der Waals surface area contributed by atoms with Crippen LogP contribution in [0.15, 0.2) is 12.7 Å². The van der Waals surface area contributed by atoms with E-state index in [0.717, 1.165) is 19.7 Å². The monoisotopic (exact) mass is 208 g/mol. The Morgan fingerprint density at radius 1 is 1.53 bits per heavy atom. The van der Waals surface area contributed by atoms with E-state index in [1.165, 1.54) is 19.3 Å². The molecular weight excluding hydrogens is 188 g/mol. The highest BCUT2D eigenvalue weighted by Crippen LogP contribution is 2.17. The van der Waals surface area contributed by atoms with Crippen molar-refractivity contribution in [3.8, 4) is 6.07 Å². The molecule has 84 valence electrons. The smallest absolute Gasteiger partial charge is 0.0645 e. The van der Waals surface area contributed by atoms with Crippen molar-refractivity contribution in [1.82, 2.24) is 4.90 Å². The van der Waals surface area contributed by atoms with Crippen LogP contribution in [0, 0.1) is 11.3 Å². The van der Waals surface area contributed by atoms with Crippen LogP contribution in [0.2, 0.25) is 0 Å². The second-order valence-electron chi connectivity index (χ2n) is 3.92. The van der Waals surface area contributed by atoms with Crippen LogP contribution < -0.4 is 0 Å². The van der Waals surface area contributed by atoms with Crippen molar-refractivity contribution in [2.45, 2.75) is 31.7 Å². The SMILES string of the molecule is C=CCOCC1CCCCN1CCC#N. The molecule has 1 atom stereocenters. The van der Waals surface area contributed by atoms with Crippen molar-refractivity contribution >= 4 is 0 Å². The van der Waals surface area contributed by atoms with E-state index in [9.17, 15) is 0 Å². The summed E-state index contributed by atoms with van der Waals surface area (Å²) in [6.07, 6.45) is 6.14. The van der Waals surface area contributed by atoms with Gasteiger partial charge < -0.3 is 4.74 Å². The van der Waals surface area contributed by atoms with Gasteiger partial charge in [0, 0.05) is 19.0 Å². The maximum Gasteiger partial charge on any atom is 0.0645 e. The van der Waals surface area contributed by atoms with Crippen molar-refractivity contribution in [3.05, 3.63) is 12.7 Å². The van der Waals surface area contributed by atoms with Gasteiger partial charge in [-0.2, -0.15) is 5.26 Å². The Kier molecular flexibility index (Phi) is 6.06. The maximum atomic E-state index is 8.58. The Labute approximate surface area is 92.3 Å². The Morgan fingerprint density at radius 3 is 3.13 bits per heavy atom. The van der Waals surface area contributed by atoms with E-state index in [-0.39, 0.29) is 0 Å². The topological polar surface area (TPSA) is 36.3 Å². The molecule has 1 rings (SSSR count). The van der Waals surface area contributed by atoms with Crippen molar-refractivity contribution in [2.75, 3.05) is 26.3 Å². The van der Waals surface area contributed by atoms with Crippen LogP contribution in [-0.2, 0) is 4.74 Å². The molecular formula is C12H20N2O. The summed E-state index contributed by atoms with van der Waals surface area (Å²) in [4.78, 5) is 2.38. The predicted molar refractivity (Wildman–Crippen MR) is 60.5 cm³/mol. The standard InChI is InChI=1S/C12H20N2O/c1-2-10-15-11-12-6-3-4-8-14(12)9-5-7-13/h2,12H,1,3-6,8-11H2. The summed E-state index contributed by atoms with van der Waals surface area (Å²) in [6.45, 7) is 7.04. The average molecular weight is 208 g/mol.